The number of carbonyl (C=O) groups excluding carboxylic acids is 1. The Morgan fingerprint density at radius 1 is 1.08 bits per heavy atom. The van der Waals surface area contributed by atoms with E-state index in [4.69, 9.17) is 0 Å². The van der Waals surface area contributed by atoms with Crippen molar-refractivity contribution in [2.45, 2.75) is 44.6 Å². The molecule has 1 N–H and O–H groups in total. The van der Waals surface area contributed by atoms with Crippen LogP contribution in [0.15, 0.2) is 47.4 Å². The first-order valence-electron chi connectivity index (χ1n) is 8.78. The molecular formula is C20H24N2O3S. The van der Waals surface area contributed by atoms with E-state index in [0.717, 1.165) is 28.8 Å². The van der Waals surface area contributed by atoms with Gasteiger partial charge in [-0.25, -0.2) is 13.1 Å². The van der Waals surface area contributed by atoms with Gasteiger partial charge in [0.15, 0.2) is 0 Å². The summed E-state index contributed by atoms with van der Waals surface area (Å²) < 4.78 is 28.2. The van der Waals surface area contributed by atoms with Crippen LogP contribution in [0.1, 0.15) is 42.5 Å². The summed E-state index contributed by atoms with van der Waals surface area (Å²) in [6.45, 7) is 6.35. The van der Waals surface area contributed by atoms with Crippen molar-refractivity contribution >= 4 is 21.6 Å². The molecule has 0 aromatic heterocycles. The Kier molecular flexibility index (Phi) is 5.16. The van der Waals surface area contributed by atoms with E-state index in [9.17, 15) is 13.2 Å². The van der Waals surface area contributed by atoms with Crippen molar-refractivity contribution in [2.75, 3.05) is 11.4 Å². The van der Waals surface area contributed by atoms with Crippen LogP contribution in [-0.4, -0.2) is 20.9 Å². The standard InChI is InChI=1S/C20H24N2O3S/c1-14-6-8-17(9-7-14)16(3)21-26(24,25)18-10-11-19(15(2)13-18)22-12-4-5-20(22)23/h6-11,13,16,21H,4-5,12H2,1-3H3/t16-/m1/s1. The van der Waals surface area contributed by atoms with Crippen molar-refractivity contribution in [3.05, 3.63) is 59.2 Å². The smallest absolute Gasteiger partial charge is 0.241 e. The molecule has 26 heavy (non-hydrogen) atoms. The summed E-state index contributed by atoms with van der Waals surface area (Å²) in [4.78, 5) is 13.9. The number of hydrogen-bond acceptors (Lipinski definition) is 3. The highest BCUT2D eigenvalue weighted by Gasteiger charge is 2.25. The maximum atomic E-state index is 12.7. The summed E-state index contributed by atoms with van der Waals surface area (Å²) in [5.41, 5.74) is 3.62. The Hall–Kier alpha value is -2.18. The van der Waals surface area contributed by atoms with Gasteiger partial charge in [-0.15, -0.1) is 0 Å². The molecular weight excluding hydrogens is 348 g/mol. The zero-order valence-corrected chi connectivity index (χ0v) is 16.1. The van der Waals surface area contributed by atoms with Gasteiger partial charge < -0.3 is 4.90 Å². The van der Waals surface area contributed by atoms with Crippen LogP contribution in [0.3, 0.4) is 0 Å². The molecule has 0 saturated carbocycles. The number of anilines is 1. The van der Waals surface area contributed by atoms with Crippen molar-refractivity contribution in [2.24, 2.45) is 0 Å². The molecule has 0 radical (unpaired) electrons. The average molecular weight is 372 g/mol. The molecule has 2 aromatic carbocycles. The van der Waals surface area contributed by atoms with Gasteiger partial charge in [-0.1, -0.05) is 29.8 Å². The van der Waals surface area contributed by atoms with Crippen LogP contribution in [0.5, 0.6) is 0 Å². The molecule has 6 heteroatoms. The number of hydrogen-bond donors (Lipinski definition) is 1. The van der Waals surface area contributed by atoms with Gasteiger partial charge >= 0.3 is 0 Å². The molecule has 1 fully saturated rings. The summed E-state index contributed by atoms with van der Waals surface area (Å²) in [5.74, 6) is 0.0924. The number of nitrogens with zero attached hydrogens (tertiary/aromatic N) is 1. The lowest BCUT2D eigenvalue weighted by Crippen LogP contribution is -2.28. The molecule has 1 aliphatic rings. The Bertz CT molecular complexity index is 921. The summed E-state index contributed by atoms with van der Waals surface area (Å²) in [6, 6.07) is 12.4. The first kappa shape index (κ1) is 18.6. The molecule has 138 valence electrons. The van der Waals surface area contributed by atoms with E-state index >= 15 is 0 Å². The molecule has 1 saturated heterocycles. The van der Waals surface area contributed by atoms with E-state index in [1.807, 2.05) is 45.0 Å². The number of amides is 1. The van der Waals surface area contributed by atoms with Crippen LogP contribution in [0.2, 0.25) is 0 Å². The maximum Gasteiger partial charge on any atom is 0.241 e. The molecule has 1 amide bonds. The van der Waals surface area contributed by atoms with Crippen molar-refractivity contribution in [3.63, 3.8) is 0 Å². The normalized spacial score (nSPS) is 16.1. The Labute approximate surface area is 155 Å². The van der Waals surface area contributed by atoms with Crippen molar-refractivity contribution < 1.29 is 13.2 Å². The molecule has 1 heterocycles. The Morgan fingerprint density at radius 2 is 1.77 bits per heavy atom. The van der Waals surface area contributed by atoms with Crippen LogP contribution in [0.25, 0.3) is 0 Å². The summed E-state index contributed by atoms with van der Waals surface area (Å²) in [5, 5.41) is 0. The lowest BCUT2D eigenvalue weighted by molar-refractivity contribution is -0.117. The Morgan fingerprint density at radius 3 is 2.35 bits per heavy atom. The minimum absolute atomic E-state index is 0.0924. The quantitative estimate of drug-likeness (QED) is 0.874. The van der Waals surface area contributed by atoms with Crippen molar-refractivity contribution in [1.29, 1.82) is 0 Å². The van der Waals surface area contributed by atoms with Gasteiger partial charge in [-0.2, -0.15) is 0 Å². The fraction of sp³-hybridized carbons (Fsp3) is 0.350. The van der Waals surface area contributed by atoms with Gasteiger partial charge in [0.2, 0.25) is 15.9 Å². The lowest BCUT2D eigenvalue weighted by Gasteiger charge is -2.20. The SMILES string of the molecule is Cc1ccc([C@@H](C)NS(=O)(=O)c2ccc(N3CCCC3=O)c(C)c2)cc1. The highest BCUT2D eigenvalue weighted by Crippen LogP contribution is 2.28. The van der Waals surface area contributed by atoms with E-state index < -0.39 is 10.0 Å². The number of benzene rings is 2. The topological polar surface area (TPSA) is 66.5 Å². The van der Waals surface area contributed by atoms with Gasteiger partial charge in [0.25, 0.3) is 0 Å². The van der Waals surface area contributed by atoms with Crippen LogP contribution >= 0.6 is 0 Å². The maximum absolute atomic E-state index is 12.7. The van der Waals surface area contributed by atoms with E-state index in [1.54, 1.807) is 23.1 Å². The number of aryl methyl sites for hydroxylation is 2. The summed E-state index contributed by atoms with van der Waals surface area (Å²) in [6.07, 6.45) is 1.39. The van der Waals surface area contributed by atoms with Gasteiger partial charge in [0.1, 0.15) is 0 Å². The molecule has 1 aliphatic heterocycles. The number of nitrogens with one attached hydrogen (secondary N) is 1. The summed E-state index contributed by atoms with van der Waals surface area (Å²) >= 11 is 0. The molecule has 5 nitrogen and oxygen atoms in total. The van der Waals surface area contributed by atoms with Gasteiger partial charge in [0, 0.05) is 24.7 Å². The minimum Gasteiger partial charge on any atom is -0.312 e. The molecule has 3 rings (SSSR count). The lowest BCUT2D eigenvalue weighted by atomic mass is 10.1. The highest BCUT2D eigenvalue weighted by molar-refractivity contribution is 7.89. The van der Waals surface area contributed by atoms with Gasteiger partial charge in [-0.05, 0) is 56.5 Å². The predicted octanol–water partition coefficient (Wildman–Crippen LogP) is 3.47. The first-order chi connectivity index (χ1) is 12.3. The highest BCUT2D eigenvalue weighted by atomic mass is 32.2. The third-order valence-corrected chi connectivity index (χ3v) is 6.29. The van der Waals surface area contributed by atoms with E-state index in [2.05, 4.69) is 4.72 Å². The molecule has 0 unspecified atom stereocenters. The van der Waals surface area contributed by atoms with Crippen LogP contribution < -0.4 is 9.62 Å². The monoisotopic (exact) mass is 372 g/mol. The molecule has 2 aromatic rings. The average Bonchev–Trinajstić information content (AvgIpc) is 3.00. The predicted molar refractivity (Wildman–Crippen MR) is 103 cm³/mol. The van der Waals surface area contributed by atoms with Gasteiger partial charge in [0.05, 0.1) is 4.90 Å². The second-order valence-corrected chi connectivity index (χ2v) is 8.56. The van der Waals surface area contributed by atoms with E-state index in [1.165, 1.54) is 0 Å². The van der Waals surface area contributed by atoms with E-state index in [0.29, 0.717) is 13.0 Å². The molecule has 0 aliphatic carbocycles. The molecule has 0 bridgehead atoms. The van der Waals surface area contributed by atoms with Crippen LogP contribution in [-0.2, 0) is 14.8 Å². The number of rotatable bonds is 5. The Balaban J connectivity index is 1.82. The van der Waals surface area contributed by atoms with Crippen LogP contribution in [0, 0.1) is 13.8 Å². The second-order valence-electron chi connectivity index (χ2n) is 6.85. The van der Waals surface area contributed by atoms with E-state index in [-0.39, 0.29) is 16.8 Å². The number of carbonyl (C=O) groups is 1. The summed E-state index contributed by atoms with van der Waals surface area (Å²) in [7, 11) is -3.65. The fourth-order valence-corrected chi connectivity index (χ4v) is 4.54. The third kappa shape index (κ3) is 3.81. The minimum atomic E-state index is -3.65. The fourth-order valence-electron chi connectivity index (χ4n) is 3.22. The number of sulfonamides is 1. The van der Waals surface area contributed by atoms with Crippen molar-refractivity contribution in [3.8, 4) is 0 Å². The molecule has 0 spiro atoms. The van der Waals surface area contributed by atoms with Crippen LogP contribution in [0.4, 0.5) is 5.69 Å². The second kappa shape index (κ2) is 7.21. The third-order valence-electron chi connectivity index (χ3n) is 4.75. The zero-order valence-electron chi connectivity index (χ0n) is 15.3. The first-order valence-corrected chi connectivity index (χ1v) is 10.3. The van der Waals surface area contributed by atoms with Crippen molar-refractivity contribution in [1.82, 2.24) is 4.72 Å². The largest absolute Gasteiger partial charge is 0.312 e. The van der Waals surface area contributed by atoms with Gasteiger partial charge in [-0.3, -0.25) is 4.79 Å². The zero-order chi connectivity index (χ0) is 18.9. The molecule has 1 atom stereocenters.